The van der Waals surface area contributed by atoms with Crippen LogP contribution in [-0.4, -0.2) is 13.0 Å². The number of thiazole rings is 1. The fourth-order valence-corrected chi connectivity index (χ4v) is 2.73. The monoisotopic (exact) mass is 266 g/mol. The third-order valence-corrected chi connectivity index (χ3v) is 3.70. The number of hydrogen-bond acceptors (Lipinski definition) is 4. The van der Waals surface area contributed by atoms with Crippen LogP contribution in [0.15, 0.2) is 30.3 Å². The van der Waals surface area contributed by atoms with E-state index in [1.165, 1.54) is 11.3 Å². The number of aromatic nitrogens is 1. The molecule has 2 radical (unpaired) electrons. The van der Waals surface area contributed by atoms with Gasteiger partial charge in [-0.05, 0) is 19.4 Å². The number of aryl methyl sites for hydroxylation is 2. The lowest BCUT2D eigenvalue weighted by molar-refractivity contribution is 0.576. The lowest BCUT2D eigenvalue weighted by Gasteiger charge is -2.09. The van der Waals surface area contributed by atoms with Crippen LogP contribution in [0.4, 0.5) is 0 Å². The summed E-state index contributed by atoms with van der Waals surface area (Å²) in [5.41, 5.74) is 2.00. The average molecular weight is 266 g/mol. The first-order valence-corrected chi connectivity index (χ1v) is 6.50. The van der Waals surface area contributed by atoms with Gasteiger partial charge in [0.05, 0.1) is 15.6 Å². The molecule has 0 amide bonds. The third-order valence-electron chi connectivity index (χ3n) is 2.63. The second-order valence-corrected chi connectivity index (χ2v) is 5.15. The molecule has 2 rings (SSSR count). The Balaban J connectivity index is 2.64. The van der Waals surface area contributed by atoms with Crippen LogP contribution in [0.1, 0.15) is 21.1 Å². The molecule has 2 aromatic rings. The van der Waals surface area contributed by atoms with E-state index in [0.717, 1.165) is 21.1 Å². The molecule has 5 heteroatoms. The van der Waals surface area contributed by atoms with Crippen molar-refractivity contribution in [3.8, 4) is 6.07 Å². The van der Waals surface area contributed by atoms with Gasteiger partial charge < -0.3 is 4.65 Å². The summed E-state index contributed by atoms with van der Waals surface area (Å²) in [7, 11) is 5.37. The Bertz CT molecular complexity index is 656. The zero-order valence-corrected chi connectivity index (χ0v) is 11.5. The van der Waals surface area contributed by atoms with Gasteiger partial charge in [0.2, 0.25) is 0 Å². The quantitative estimate of drug-likeness (QED) is 0.486. The first kappa shape index (κ1) is 13.4. The van der Waals surface area contributed by atoms with Crippen LogP contribution in [0.25, 0.3) is 11.3 Å². The van der Waals surface area contributed by atoms with E-state index in [1.54, 1.807) is 0 Å². The topological polar surface area (TPSA) is 45.9 Å². The van der Waals surface area contributed by atoms with E-state index in [4.69, 9.17) is 12.7 Å². The van der Waals surface area contributed by atoms with Crippen molar-refractivity contribution in [2.45, 2.75) is 13.8 Å². The SMILES string of the molecule is [B]O/C(=C(/C#N)c1ccccc1)c1sc(C)nc1C. The highest BCUT2D eigenvalue weighted by Crippen LogP contribution is 2.32. The summed E-state index contributed by atoms with van der Waals surface area (Å²) in [5, 5.41) is 10.3. The van der Waals surface area contributed by atoms with Gasteiger partial charge in [-0.3, -0.25) is 0 Å². The second kappa shape index (κ2) is 5.72. The molecule has 0 fully saturated rings. The van der Waals surface area contributed by atoms with E-state index in [2.05, 4.69) is 11.1 Å². The summed E-state index contributed by atoms with van der Waals surface area (Å²) in [4.78, 5) is 5.12. The van der Waals surface area contributed by atoms with Crippen LogP contribution in [-0.2, 0) is 4.65 Å². The van der Waals surface area contributed by atoms with Crippen molar-refractivity contribution < 1.29 is 4.65 Å². The van der Waals surface area contributed by atoms with Gasteiger partial charge in [0, 0.05) is 0 Å². The molecule has 1 aromatic heterocycles. The minimum Gasteiger partial charge on any atom is -0.566 e. The second-order valence-electron chi connectivity index (χ2n) is 3.95. The summed E-state index contributed by atoms with van der Waals surface area (Å²) < 4.78 is 4.97. The lowest BCUT2D eigenvalue weighted by Crippen LogP contribution is -1.94. The summed E-state index contributed by atoms with van der Waals surface area (Å²) in [6.45, 7) is 3.78. The van der Waals surface area contributed by atoms with E-state index >= 15 is 0 Å². The molecular formula is C14H11BN2OS. The summed E-state index contributed by atoms with van der Waals surface area (Å²) >= 11 is 1.46. The van der Waals surface area contributed by atoms with Gasteiger partial charge in [-0.15, -0.1) is 11.3 Å². The molecule has 92 valence electrons. The normalized spacial score (nSPS) is 11.6. The van der Waals surface area contributed by atoms with Crippen molar-refractivity contribution in [1.82, 2.24) is 4.98 Å². The fourth-order valence-electron chi connectivity index (χ4n) is 1.82. The first-order valence-electron chi connectivity index (χ1n) is 5.68. The zero-order chi connectivity index (χ0) is 13.8. The Hall–Kier alpha value is -2.06. The largest absolute Gasteiger partial charge is 0.566 e. The highest BCUT2D eigenvalue weighted by atomic mass is 32.1. The predicted molar refractivity (Wildman–Crippen MR) is 77.3 cm³/mol. The van der Waals surface area contributed by atoms with E-state index in [1.807, 2.05) is 44.2 Å². The average Bonchev–Trinajstić information content (AvgIpc) is 2.75. The molecule has 1 heterocycles. The highest BCUT2D eigenvalue weighted by molar-refractivity contribution is 7.12. The molecule has 0 aliphatic heterocycles. The van der Waals surface area contributed by atoms with Gasteiger partial charge in [-0.25, -0.2) is 4.98 Å². The third kappa shape index (κ3) is 2.69. The van der Waals surface area contributed by atoms with E-state index in [-0.39, 0.29) is 0 Å². The molecule has 19 heavy (non-hydrogen) atoms. The van der Waals surface area contributed by atoms with E-state index in [9.17, 15) is 5.26 Å². The van der Waals surface area contributed by atoms with E-state index in [0.29, 0.717) is 11.3 Å². The van der Waals surface area contributed by atoms with Gasteiger partial charge in [0.25, 0.3) is 0 Å². The minimum atomic E-state index is 0.372. The molecule has 0 aliphatic rings. The maximum Gasteiger partial charge on any atom is 0.374 e. The number of allylic oxidation sites excluding steroid dienone is 1. The van der Waals surface area contributed by atoms with Crippen molar-refractivity contribution in [2.75, 3.05) is 0 Å². The fraction of sp³-hybridized carbons (Fsp3) is 0.143. The van der Waals surface area contributed by atoms with Crippen molar-refractivity contribution >= 4 is 30.7 Å². The van der Waals surface area contributed by atoms with Crippen LogP contribution in [0.5, 0.6) is 0 Å². The van der Waals surface area contributed by atoms with Crippen molar-refractivity contribution in [3.63, 3.8) is 0 Å². The number of nitriles is 1. The Morgan fingerprint density at radius 2 is 2.00 bits per heavy atom. The van der Waals surface area contributed by atoms with Crippen molar-refractivity contribution in [3.05, 3.63) is 51.5 Å². The smallest absolute Gasteiger partial charge is 0.374 e. The summed E-state index contributed by atoms with van der Waals surface area (Å²) in [6.07, 6.45) is 0. The van der Waals surface area contributed by atoms with Crippen LogP contribution in [0.3, 0.4) is 0 Å². The van der Waals surface area contributed by atoms with Gasteiger partial charge >= 0.3 is 8.05 Å². The van der Waals surface area contributed by atoms with Gasteiger partial charge in [0.1, 0.15) is 17.4 Å². The van der Waals surface area contributed by atoms with Gasteiger partial charge in [-0.2, -0.15) is 5.26 Å². The Morgan fingerprint density at radius 3 is 2.47 bits per heavy atom. The molecule has 0 saturated heterocycles. The molecule has 0 atom stereocenters. The van der Waals surface area contributed by atoms with Crippen molar-refractivity contribution in [1.29, 1.82) is 5.26 Å². The Kier molecular flexibility index (Phi) is 4.03. The molecule has 1 aromatic carbocycles. The molecule has 0 unspecified atom stereocenters. The maximum absolute atomic E-state index is 9.38. The molecular weight excluding hydrogens is 255 g/mol. The van der Waals surface area contributed by atoms with Crippen molar-refractivity contribution in [2.24, 2.45) is 0 Å². The number of benzene rings is 1. The maximum atomic E-state index is 9.38. The molecule has 0 spiro atoms. The molecule has 3 nitrogen and oxygen atoms in total. The summed E-state index contributed by atoms with van der Waals surface area (Å²) in [6, 6.07) is 11.5. The number of nitrogens with zero attached hydrogens (tertiary/aromatic N) is 2. The van der Waals surface area contributed by atoms with Gasteiger partial charge in [-0.1, -0.05) is 30.3 Å². The Labute approximate surface area is 117 Å². The van der Waals surface area contributed by atoms with E-state index < -0.39 is 0 Å². The van der Waals surface area contributed by atoms with Crippen LogP contribution < -0.4 is 0 Å². The standard InChI is InChI=1S/C14H11BN2OS/c1-9-14(19-10(2)17-9)13(18-15)12(8-16)11-6-4-3-5-7-11/h3-7H,1-2H3/b13-12-. The minimum absolute atomic E-state index is 0.372. The number of rotatable bonds is 3. The predicted octanol–water partition coefficient (Wildman–Crippen LogP) is 3.25. The van der Waals surface area contributed by atoms with Crippen LogP contribution >= 0.6 is 11.3 Å². The molecule has 0 saturated carbocycles. The highest BCUT2D eigenvalue weighted by Gasteiger charge is 2.16. The van der Waals surface area contributed by atoms with Crippen LogP contribution in [0, 0.1) is 25.2 Å². The number of hydrogen-bond donors (Lipinski definition) is 0. The lowest BCUT2D eigenvalue weighted by atomic mass is 10.0. The first-order chi connectivity index (χ1) is 9.17. The Morgan fingerprint density at radius 1 is 1.32 bits per heavy atom. The zero-order valence-electron chi connectivity index (χ0n) is 10.7. The molecule has 0 N–H and O–H groups in total. The van der Waals surface area contributed by atoms with Crippen LogP contribution in [0.2, 0.25) is 0 Å². The molecule has 0 bridgehead atoms. The summed E-state index contributed by atoms with van der Waals surface area (Å²) in [5.74, 6) is 0.372. The van der Waals surface area contributed by atoms with Gasteiger partial charge in [0.15, 0.2) is 0 Å². The molecule has 0 aliphatic carbocycles.